The van der Waals surface area contributed by atoms with E-state index in [4.69, 9.17) is 11.6 Å². The summed E-state index contributed by atoms with van der Waals surface area (Å²) in [6.45, 7) is 3.66. The van der Waals surface area contributed by atoms with Crippen LogP contribution < -0.4 is 5.32 Å². The fourth-order valence-corrected chi connectivity index (χ4v) is 2.88. The van der Waals surface area contributed by atoms with Crippen molar-refractivity contribution in [2.24, 2.45) is 5.92 Å². The number of hydrogen-bond acceptors (Lipinski definition) is 4. The number of hydrogen-bond donors (Lipinski definition) is 1. The van der Waals surface area contributed by atoms with Gasteiger partial charge in [0.05, 0.1) is 4.92 Å². The normalized spacial score (nSPS) is 19.2. The van der Waals surface area contributed by atoms with Crippen molar-refractivity contribution in [1.82, 2.24) is 10.2 Å². The van der Waals surface area contributed by atoms with Gasteiger partial charge in [-0.3, -0.25) is 10.1 Å². The summed E-state index contributed by atoms with van der Waals surface area (Å²) in [5.41, 5.74) is 0.816. The highest BCUT2D eigenvalue weighted by atomic mass is 35.5. The molecule has 0 radical (unpaired) electrons. The lowest BCUT2D eigenvalue weighted by molar-refractivity contribution is -0.385. The van der Waals surface area contributed by atoms with E-state index >= 15 is 0 Å². The van der Waals surface area contributed by atoms with Crippen molar-refractivity contribution in [3.63, 3.8) is 0 Å². The molecule has 0 amide bonds. The largest absolute Gasteiger partial charge is 0.316 e. The Morgan fingerprint density at radius 2 is 2.35 bits per heavy atom. The average molecular weight is 298 g/mol. The second kappa shape index (κ2) is 7.02. The van der Waals surface area contributed by atoms with E-state index in [1.807, 2.05) is 7.05 Å². The SMILES string of the molecule is CN(Cc1ccc(Cl)cc1[N+](=O)[O-])CC1CCCNC1. The smallest absolute Gasteiger partial charge is 0.275 e. The summed E-state index contributed by atoms with van der Waals surface area (Å²) in [6, 6.07) is 4.88. The molecule has 1 aliphatic rings. The van der Waals surface area contributed by atoms with Crippen LogP contribution >= 0.6 is 11.6 Å². The molecule has 0 aromatic heterocycles. The van der Waals surface area contributed by atoms with Gasteiger partial charge in [-0.25, -0.2) is 0 Å². The third-order valence-corrected chi connectivity index (χ3v) is 3.89. The molecular formula is C14H20ClN3O2. The third-order valence-electron chi connectivity index (χ3n) is 3.65. The van der Waals surface area contributed by atoms with Crippen LogP contribution in [0.3, 0.4) is 0 Å². The molecule has 0 aliphatic carbocycles. The Morgan fingerprint density at radius 1 is 1.55 bits per heavy atom. The van der Waals surface area contributed by atoms with Crippen LogP contribution in [0.5, 0.6) is 0 Å². The van der Waals surface area contributed by atoms with Crippen molar-refractivity contribution < 1.29 is 4.92 Å². The molecule has 0 bridgehead atoms. The van der Waals surface area contributed by atoms with E-state index in [1.54, 1.807) is 12.1 Å². The van der Waals surface area contributed by atoms with Gasteiger partial charge in [-0.1, -0.05) is 11.6 Å². The summed E-state index contributed by atoms with van der Waals surface area (Å²) in [6.07, 6.45) is 2.43. The molecular weight excluding hydrogens is 278 g/mol. The number of nitro benzene ring substituents is 1. The van der Waals surface area contributed by atoms with Gasteiger partial charge in [0.2, 0.25) is 0 Å². The lowest BCUT2D eigenvalue weighted by Gasteiger charge is -2.27. The van der Waals surface area contributed by atoms with Crippen LogP contribution in [0.25, 0.3) is 0 Å². The number of halogens is 1. The molecule has 0 spiro atoms. The number of benzene rings is 1. The monoisotopic (exact) mass is 297 g/mol. The highest BCUT2D eigenvalue weighted by molar-refractivity contribution is 6.30. The topological polar surface area (TPSA) is 58.4 Å². The Morgan fingerprint density at radius 3 is 3.00 bits per heavy atom. The maximum atomic E-state index is 11.1. The predicted molar refractivity (Wildman–Crippen MR) is 80.0 cm³/mol. The number of nitrogens with one attached hydrogen (secondary N) is 1. The molecule has 110 valence electrons. The van der Waals surface area contributed by atoms with Gasteiger partial charge in [-0.2, -0.15) is 0 Å². The van der Waals surface area contributed by atoms with Gasteiger partial charge in [0.1, 0.15) is 0 Å². The molecule has 2 rings (SSSR count). The molecule has 1 unspecified atom stereocenters. The predicted octanol–water partition coefficient (Wildman–Crippen LogP) is 2.68. The lowest BCUT2D eigenvalue weighted by Crippen LogP contribution is -2.36. The molecule has 1 fully saturated rings. The molecule has 1 saturated heterocycles. The fraction of sp³-hybridized carbons (Fsp3) is 0.571. The molecule has 20 heavy (non-hydrogen) atoms. The first-order valence-corrected chi connectivity index (χ1v) is 7.26. The van der Waals surface area contributed by atoms with Gasteiger partial charge >= 0.3 is 0 Å². The Balaban J connectivity index is 1.99. The second-order valence-electron chi connectivity index (χ2n) is 5.44. The number of piperidine rings is 1. The zero-order valence-corrected chi connectivity index (χ0v) is 12.4. The van der Waals surface area contributed by atoms with Gasteiger partial charge in [0.15, 0.2) is 0 Å². The van der Waals surface area contributed by atoms with Gasteiger partial charge in [0.25, 0.3) is 5.69 Å². The van der Waals surface area contributed by atoms with E-state index in [1.165, 1.54) is 18.9 Å². The van der Waals surface area contributed by atoms with Crippen molar-refractivity contribution in [2.75, 3.05) is 26.7 Å². The summed E-state index contributed by atoms with van der Waals surface area (Å²) in [7, 11) is 2.01. The average Bonchev–Trinajstić information content (AvgIpc) is 2.41. The van der Waals surface area contributed by atoms with Gasteiger partial charge in [-0.05, 0) is 51.0 Å². The Kier molecular flexibility index (Phi) is 5.34. The Labute approximate surface area is 124 Å². The van der Waals surface area contributed by atoms with Crippen molar-refractivity contribution in [3.8, 4) is 0 Å². The van der Waals surface area contributed by atoms with Crippen LogP contribution in [-0.4, -0.2) is 36.5 Å². The van der Waals surface area contributed by atoms with Crippen molar-refractivity contribution in [3.05, 3.63) is 38.9 Å². The molecule has 1 aromatic carbocycles. The number of nitrogens with zero attached hydrogens (tertiary/aromatic N) is 2. The highest BCUT2D eigenvalue weighted by Crippen LogP contribution is 2.24. The van der Waals surface area contributed by atoms with E-state index in [0.29, 0.717) is 23.0 Å². The number of rotatable bonds is 5. The zero-order valence-electron chi connectivity index (χ0n) is 11.6. The molecule has 1 heterocycles. The highest BCUT2D eigenvalue weighted by Gasteiger charge is 2.19. The molecule has 1 atom stereocenters. The standard InChI is InChI=1S/C14H20ClN3O2/c1-17(9-11-3-2-6-16-8-11)10-12-4-5-13(15)7-14(12)18(19)20/h4-5,7,11,16H,2-3,6,8-10H2,1H3. The third kappa shape index (κ3) is 4.16. The van der Waals surface area contributed by atoms with Gasteiger partial charge in [-0.15, -0.1) is 0 Å². The summed E-state index contributed by atoms with van der Waals surface area (Å²) in [5.74, 6) is 0.625. The van der Waals surface area contributed by atoms with Crippen LogP contribution in [0.15, 0.2) is 18.2 Å². The van der Waals surface area contributed by atoms with E-state index in [2.05, 4.69) is 10.2 Å². The van der Waals surface area contributed by atoms with Crippen molar-refractivity contribution >= 4 is 17.3 Å². The van der Waals surface area contributed by atoms with E-state index in [0.717, 1.165) is 19.6 Å². The number of nitro groups is 1. The maximum absolute atomic E-state index is 11.1. The van der Waals surface area contributed by atoms with Crippen LogP contribution in [0.2, 0.25) is 5.02 Å². The minimum atomic E-state index is -0.364. The molecule has 0 saturated carbocycles. The maximum Gasteiger partial charge on any atom is 0.275 e. The minimum absolute atomic E-state index is 0.103. The quantitative estimate of drug-likeness (QED) is 0.670. The molecule has 6 heteroatoms. The fourth-order valence-electron chi connectivity index (χ4n) is 2.72. The summed E-state index contributed by atoms with van der Waals surface area (Å²) < 4.78 is 0. The van der Waals surface area contributed by atoms with E-state index in [-0.39, 0.29) is 10.6 Å². The molecule has 1 aromatic rings. The first-order chi connectivity index (χ1) is 9.56. The van der Waals surface area contributed by atoms with Crippen LogP contribution in [0.1, 0.15) is 18.4 Å². The van der Waals surface area contributed by atoms with E-state index in [9.17, 15) is 10.1 Å². The molecule has 1 N–H and O–H groups in total. The summed E-state index contributed by atoms with van der Waals surface area (Å²) >= 11 is 5.83. The van der Waals surface area contributed by atoms with Crippen LogP contribution in [0.4, 0.5) is 5.69 Å². The lowest BCUT2D eigenvalue weighted by atomic mass is 9.99. The first-order valence-electron chi connectivity index (χ1n) is 6.88. The summed E-state index contributed by atoms with van der Waals surface area (Å²) in [4.78, 5) is 12.8. The Hall–Kier alpha value is -1.17. The van der Waals surface area contributed by atoms with Gasteiger partial charge in [0, 0.05) is 29.7 Å². The first kappa shape index (κ1) is 15.2. The Bertz CT molecular complexity index is 475. The van der Waals surface area contributed by atoms with Crippen LogP contribution in [-0.2, 0) is 6.54 Å². The van der Waals surface area contributed by atoms with Crippen LogP contribution in [0, 0.1) is 16.0 Å². The minimum Gasteiger partial charge on any atom is -0.316 e. The molecule has 5 nitrogen and oxygen atoms in total. The van der Waals surface area contributed by atoms with Crippen molar-refractivity contribution in [1.29, 1.82) is 0 Å². The summed E-state index contributed by atoms with van der Waals surface area (Å²) in [5, 5.41) is 14.9. The van der Waals surface area contributed by atoms with Gasteiger partial charge < -0.3 is 10.2 Å². The second-order valence-corrected chi connectivity index (χ2v) is 5.88. The molecule has 1 aliphatic heterocycles. The van der Waals surface area contributed by atoms with E-state index < -0.39 is 0 Å². The van der Waals surface area contributed by atoms with Crippen molar-refractivity contribution in [2.45, 2.75) is 19.4 Å². The zero-order chi connectivity index (χ0) is 14.5.